The SMILES string of the molecule is CB(C)CCN. The molecular formula is C4H12BN. The van der Waals surface area contributed by atoms with Gasteiger partial charge in [-0.1, -0.05) is 20.0 Å². The lowest BCUT2D eigenvalue weighted by molar-refractivity contribution is 1.11. The molecule has 1 nitrogen and oxygen atoms in total. The van der Waals surface area contributed by atoms with Gasteiger partial charge in [-0.25, -0.2) is 0 Å². The van der Waals surface area contributed by atoms with Crippen LogP contribution in [-0.2, 0) is 0 Å². The predicted molar refractivity (Wildman–Crippen MR) is 31.3 cm³/mol. The highest BCUT2D eigenvalue weighted by Crippen LogP contribution is 1.83. The summed E-state index contributed by atoms with van der Waals surface area (Å²) in [5.41, 5.74) is 5.23. The molecule has 0 aliphatic carbocycles. The highest BCUT2D eigenvalue weighted by molar-refractivity contribution is 6.55. The Morgan fingerprint density at radius 3 is 2.00 bits per heavy atom. The minimum atomic E-state index is 0.773. The average Bonchev–Trinajstić information content (AvgIpc) is 1.35. The third kappa shape index (κ3) is 4.02. The first-order chi connectivity index (χ1) is 2.77. The zero-order valence-corrected chi connectivity index (χ0v) is 4.57. The molecule has 0 rings (SSSR count). The summed E-state index contributed by atoms with van der Waals surface area (Å²) in [6.07, 6.45) is 1.15. The Balaban J connectivity index is 2.63. The second-order valence-electron chi connectivity index (χ2n) is 1.97. The molecule has 2 N–H and O–H groups in total. The van der Waals surface area contributed by atoms with Crippen molar-refractivity contribution in [3.8, 4) is 0 Å². The highest BCUT2D eigenvalue weighted by Gasteiger charge is 1.91. The standard InChI is InChI=1S/C4H12BN/c1-5(2)3-4-6/h3-4,6H2,1-2H3. The first kappa shape index (κ1) is 6.02. The maximum Gasteiger partial charge on any atom is 0.134 e. The van der Waals surface area contributed by atoms with Crippen LogP contribution in [0.5, 0.6) is 0 Å². The predicted octanol–water partition coefficient (Wildman–Crippen LogP) is 0.700. The molecule has 0 aromatic heterocycles. The summed E-state index contributed by atoms with van der Waals surface area (Å²) in [5, 5.41) is 0. The molecule has 0 aromatic rings. The smallest absolute Gasteiger partial charge is 0.134 e. The molecule has 0 spiro atoms. The van der Waals surface area contributed by atoms with Crippen molar-refractivity contribution in [3.63, 3.8) is 0 Å². The van der Waals surface area contributed by atoms with E-state index in [0.717, 1.165) is 19.6 Å². The third-order valence-electron chi connectivity index (χ3n) is 0.744. The van der Waals surface area contributed by atoms with E-state index in [2.05, 4.69) is 13.6 Å². The van der Waals surface area contributed by atoms with E-state index < -0.39 is 0 Å². The second-order valence-corrected chi connectivity index (χ2v) is 1.97. The maximum atomic E-state index is 5.23. The van der Waals surface area contributed by atoms with Crippen molar-refractivity contribution >= 4 is 6.71 Å². The zero-order chi connectivity index (χ0) is 4.99. The molecule has 0 aliphatic rings. The monoisotopic (exact) mass is 85.1 g/mol. The molecule has 0 amide bonds. The third-order valence-corrected chi connectivity index (χ3v) is 0.744. The molecule has 0 unspecified atom stereocenters. The van der Waals surface area contributed by atoms with Crippen LogP contribution in [0.2, 0.25) is 20.0 Å². The maximum absolute atomic E-state index is 5.23. The molecule has 0 bridgehead atoms. The lowest BCUT2D eigenvalue weighted by atomic mass is 9.52. The summed E-state index contributed by atoms with van der Waals surface area (Å²) >= 11 is 0. The van der Waals surface area contributed by atoms with Crippen LogP contribution < -0.4 is 5.73 Å². The van der Waals surface area contributed by atoms with Gasteiger partial charge in [0.2, 0.25) is 0 Å². The number of hydrogen-bond donors (Lipinski definition) is 1. The van der Waals surface area contributed by atoms with E-state index in [0.29, 0.717) is 0 Å². The fourth-order valence-corrected chi connectivity index (χ4v) is 0.333. The Hall–Kier alpha value is 0.0249. The lowest BCUT2D eigenvalue weighted by Crippen LogP contribution is -2.08. The highest BCUT2D eigenvalue weighted by atomic mass is 14.5. The van der Waals surface area contributed by atoms with Gasteiger partial charge in [-0.2, -0.15) is 0 Å². The van der Waals surface area contributed by atoms with E-state index in [1.807, 2.05) is 0 Å². The normalized spacial score (nSPS) is 8.50. The van der Waals surface area contributed by atoms with Crippen molar-refractivity contribution < 1.29 is 0 Å². The van der Waals surface area contributed by atoms with Crippen LogP contribution in [-0.4, -0.2) is 13.3 Å². The van der Waals surface area contributed by atoms with E-state index >= 15 is 0 Å². The van der Waals surface area contributed by atoms with Gasteiger partial charge in [-0.15, -0.1) is 0 Å². The lowest BCUT2D eigenvalue weighted by Gasteiger charge is -1.91. The summed E-state index contributed by atoms with van der Waals surface area (Å²) < 4.78 is 0. The summed E-state index contributed by atoms with van der Waals surface area (Å²) in [6.45, 7) is 5.95. The Morgan fingerprint density at radius 2 is 2.00 bits per heavy atom. The molecular weight excluding hydrogens is 72.9 g/mol. The zero-order valence-electron chi connectivity index (χ0n) is 4.57. The fourth-order valence-electron chi connectivity index (χ4n) is 0.333. The van der Waals surface area contributed by atoms with Crippen molar-refractivity contribution in [2.75, 3.05) is 6.54 Å². The van der Waals surface area contributed by atoms with Gasteiger partial charge in [-0.3, -0.25) is 0 Å². The molecule has 0 radical (unpaired) electrons. The van der Waals surface area contributed by atoms with Crippen molar-refractivity contribution in [1.82, 2.24) is 0 Å². The molecule has 0 aromatic carbocycles. The van der Waals surface area contributed by atoms with E-state index in [1.54, 1.807) is 0 Å². The van der Waals surface area contributed by atoms with Gasteiger partial charge in [-0.05, 0) is 6.54 Å². The Kier molecular flexibility index (Phi) is 3.24. The minimum Gasteiger partial charge on any atom is -0.331 e. The van der Waals surface area contributed by atoms with Crippen LogP contribution >= 0.6 is 0 Å². The van der Waals surface area contributed by atoms with Crippen molar-refractivity contribution in [1.29, 1.82) is 0 Å². The van der Waals surface area contributed by atoms with Crippen LogP contribution in [0, 0.1) is 0 Å². The molecule has 2 heteroatoms. The molecule has 0 saturated heterocycles. The van der Waals surface area contributed by atoms with E-state index in [4.69, 9.17) is 5.73 Å². The van der Waals surface area contributed by atoms with Gasteiger partial charge in [0.1, 0.15) is 6.71 Å². The van der Waals surface area contributed by atoms with Gasteiger partial charge >= 0.3 is 0 Å². The molecule has 36 valence electrons. The van der Waals surface area contributed by atoms with Gasteiger partial charge in [0.15, 0.2) is 0 Å². The largest absolute Gasteiger partial charge is 0.331 e. The summed E-state index contributed by atoms with van der Waals surface area (Å²) in [6, 6.07) is 0. The Bertz CT molecular complexity index is 28.7. The summed E-state index contributed by atoms with van der Waals surface area (Å²) in [4.78, 5) is 0. The minimum absolute atomic E-state index is 0.773. The molecule has 0 saturated carbocycles. The first-order valence-corrected chi connectivity index (χ1v) is 2.47. The van der Waals surface area contributed by atoms with Gasteiger partial charge in [0, 0.05) is 0 Å². The molecule has 6 heavy (non-hydrogen) atoms. The van der Waals surface area contributed by atoms with Crippen LogP contribution in [0.3, 0.4) is 0 Å². The fraction of sp³-hybridized carbons (Fsp3) is 1.00. The molecule has 0 fully saturated rings. The number of nitrogens with two attached hydrogens (primary N) is 1. The molecule has 0 aliphatic heterocycles. The quantitative estimate of drug-likeness (QED) is 0.490. The number of hydrogen-bond acceptors (Lipinski definition) is 1. The van der Waals surface area contributed by atoms with Gasteiger partial charge in [0.05, 0.1) is 0 Å². The van der Waals surface area contributed by atoms with Crippen molar-refractivity contribution in [2.24, 2.45) is 5.73 Å². The topological polar surface area (TPSA) is 26.0 Å². The van der Waals surface area contributed by atoms with Crippen LogP contribution in [0.25, 0.3) is 0 Å². The Labute approximate surface area is 40.0 Å². The second kappa shape index (κ2) is 3.22. The van der Waals surface area contributed by atoms with E-state index in [-0.39, 0.29) is 0 Å². The summed E-state index contributed by atoms with van der Waals surface area (Å²) in [5.74, 6) is 0. The number of rotatable bonds is 2. The Morgan fingerprint density at radius 1 is 1.50 bits per heavy atom. The van der Waals surface area contributed by atoms with Crippen LogP contribution in [0.1, 0.15) is 0 Å². The summed E-state index contributed by atoms with van der Waals surface area (Å²) in [7, 11) is 0. The van der Waals surface area contributed by atoms with Gasteiger partial charge < -0.3 is 5.73 Å². The van der Waals surface area contributed by atoms with Crippen molar-refractivity contribution in [3.05, 3.63) is 0 Å². The molecule has 0 heterocycles. The van der Waals surface area contributed by atoms with Crippen molar-refractivity contribution in [2.45, 2.75) is 20.0 Å². The van der Waals surface area contributed by atoms with Crippen LogP contribution in [0.15, 0.2) is 0 Å². The first-order valence-electron chi connectivity index (χ1n) is 2.47. The average molecular weight is 85.0 g/mol. The van der Waals surface area contributed by atoms with E-state index in [9.17, 15) is 0 Å². The van der Waals surface area contributed by atoms with E-state index in [1.165, 1.54) is 0 Å². The molecule has 0 atom stereocenters. The van der Waals surface area contributed by atoms with Gasteiger partial charge in [0.25, 0.3) is 0 Å². The van der Waals surface area contributed by atoms with Crippen LogP contribution in [0.4, 0.5) is 0 Å².